The highest BCUT2D eigenvalue weighted by Gasteiger charge is 2.47. The van der Waals surface area contributed by atoms with Gasteiger partial charge in [0.05, 0.1) is 6.20 Å². The van der Waals surface area contributed by atoms with Gasteiger partial charge in [0, 0.05) is 13.1 Å². The number of nitrogens with one attached hydrogen (secondary N) is 1. The van der Waals surface area contributed by atoms with Crippen molar-refractivity contribution in [1.29, 1.82) is 0 Å². The lowest BCUT2D eigenvalue weighted by Crippen LogP contribution is -2.52. The number of ether oxygens (including phenoxy) is 2. The minimum absolute atomic E-state index is 0.156. The molecule has 34 heavy (non-hydrogen) atoms. The van der Waals surface area contributed by atoms with Crippen molar-refractivity contribution < 1.29 is 40.2 Å². The van der Waals surface area contributed by atoms with E-state index in [0.717, 1.165) is 31.4 Å². The molecule has 0 saturated heterocycles. The molecule has 0 radical (unpaired) electrons. The molecule has 4 heterocycles. The zero-order valence-electron chi connectivity index (χ0n) is 17.3. The van der Waals surface area contributed by atoms with Gasteiger partial charge in [-0.2, -0.15) is 8.78 Å². The Morgan fingerprint density at radius 1 is 1.32 bits per heavy atom. The molecule has 0 saturated carbocycles. The summed E-state index contributed by atoms with van der Waals surface area (Å²) in [5.41, 5.74) is 2.34. The molecule has 2 aromatic rings. The predicted octanol–water partition coefficient (Wildman–Crippen LogP) is 0.987. The number of hydrogen-bond acceptors (Lipinski definition) is 9. The number of aromatic nitrogens is 2. The van der Waals surface area contributed by atoms with Crippen LogP contribution in [0.15, 0.2) is 29.4 Å². The summed E-state index contributed by atoms with van der Waals surface area (Å²) in [6.45, 7) is -2.52. The summed E-state index contributed by atoms with van der Waals surface area (Å²) in [5.74, 6) is -4.32. The number of halogens is 4. The van der Waals surface area contributed by atoms with Gasteiger partial charge in [-0.15, -0.1) is 0 Å². The summed E-state index contributed by atoms with van der Waals surface area (Å²) in [6.07, 6.45) is -2.69. The summed E-state index contributed by atoms with van der Waals surface area (Å²) in [5, 5.41) is 2.28. The van der Waals surface area contributed by atoms with Crippen LogP contribution in [0, 0.1) is 5.82 Å². The SMILES string of the molecule is CN1C(N)=N[C@](CF)(c2nc(NC(=O)c3cc4c(cn3)OC(F)(F)CO4)ccc2F)CS1(=O)=O. The summed E-state index contributed by atoms with van der Waals surface area (Å²) in [4.78, 5) is 24.0. The second kappa shape index (κ2) is 7.96. The topological polar surface area (TPSA) is 149 Å². The van der Waals surface area contributed by atoms with Crippen LogP contribution in [0.1, 0.15) is 16.2 Å². The molecule has 2 aliphatic heterocycles. The third kappa shape index (κ3) is 4.15. The van der Waals surface area contributed by atoms with E-state index < -0.39 is 64.1 Å². The molecule has 0 aromatic carbocycles. The fraction of sp³-hybridized carbons (Fsp3) is 0.333. The number of fused-ring (bicyclic) bond motifs is 1. The van der Waals surface area contributed by atoms with Crippen LogP contribution in [-0.2, 0) is 15.6 Å². The van der Waals surface area contributed by atoms with E-state index in [4.69, 9.17) is 10.5 Å². The van der Waals surface area contributed by atoms with Crippen molar-refractivity contribution in [2.24, 2.45) is 10.7 Å². The Morgan fingerprint density at radius 2 is 2.06 bits per heavy atom. The molecule has 4 rings (SSSR count). The number of alkyl halides is 3. The number of rotatable bonds is 4. The van der Waals surface area contributed by atoms with Gasteiger partial charge >= 0.3 is 6.11 Å². The highest BCUT2D eigenvalue weighted by atomic mass is 32.2. The van der Waals surface area contributed by atoms with Gasteiger partial charge in [0.2, 0.25) is 16.0 Å². The molecule has 0 bridgehead atoms. The van der Waals surface area contributed by atoms with E-state index in [2.05, 4.69) is 25.0 Å². The number of aliphatic imine (C=N–C) groups is 1. The van der Waals surface area contributed by atoms with Crippen LogP contribution in [0.25, 0.3) is 0 Å². The highest BCUT2D eigenvalue weighted by molar-refractivity contribution is 7.89. The number of amides is 1. The molecule has 182 valence electrons. The average Bonchev–Trinajstić information content (AvgIpc) is 2.77. The van der Waals surface area contributed by atoms with Crippen LogP contribution in [0.3, 0.4) is 0 Å². The number of anilines is 1. The lowest BCUT2D eigenvalue weighted by molar-refractivity contribution is -0.209. The molecular weight excluding hydrogens is 488 g/mol. The Morgan fingerprint density at radius 3 is 2.74 bits per heavy atom. The minimum Gasteiger partial charge on any atom is -0.479 e. The quantitative estimate of drug-likeness (QED) is 0.586. The monoisotopic (exact) mass is 504 g/mol. The van der Waals surface area contributed by atoms with Gasteiger partial charge in [0.15, 0.2) is 23.6 Å². The number of guanidine groups is 1. The fourth-order valence-electron chi connectivity index (χ4n) is 3.22. The second-order valence-electron chi connectivity index (χ2n) is 7.38. The summed E-state index contributed by atoms with van der Waals surface area (Å²) in [6, 6.07) is 2.92. The molecule has 0 unspecified atom stereocenters. The van der Waals surface area contributed by atoms with E-state index in [1.54, 1.807) is 0 Å². The normalized spacial score (nSPS) is 22.6. The summed E-state index contributed by atoms with van der Waals surface area (Å²) < 4.78 is 89.8. The standard InChI is InChI=1S/C18H16F4N6O5S/c1-28-16(23)27-17(6-19,8-34(28,30)31)14-9(20)2-3-13(25-14)26-15(29)10-4-11-12(5-24-10)33-18(21,22)7-32-11/h2-5H,6-8H2,1H3,(H2,23,27)(H,25,26,29)/t17-/m0/s1. The van der Waals surface area contributed by atoms with Crippen molar-refractivity contribution in [2.75, 3.05) is 31.4 Å². The summed E-state index contributed by atoms with van der Waals surface area (Å²) in [7, 11) is -3.03. The number of nitrogens with zero attached hydrogens (tertiary/aromatic N) is 4. The molecule has 0 fully saturated rings. The van der Waals surface area contributed by atoms with Crippen molar-refractivity contribution in [2.45, 2.75) is 11.6 Å². The Balaban J connectivity index is 1.64. The predicted molar refractivity (Wildman–Crippen MR) is 108 cm³/mol. The first-order chi connectivity index (χ1) is 15.9. The molecule has 2 aromatic heterocycles. The van der Waals surface area contributed by atoms with E-state index in [0.29, 0.717) is 4.31 Å². The number of sulfonamides is 1. The molecule has 0 aliphatic carbocycles. The molecule has 1 atom stereocenters. The third-order valence-corrected chi connectivity index (χ3v) is 6.82. The molecule has 2 aliphatic rings. The molecule has 0 spiro atoms. The van der Waals surface area contributed by atoms with E-state index in [1.165, 1.54) is 0 Å². The number of carbonyl (C=O) groups is 1. The van der Waals surface area contributed by atoms with Crippen LogP contribution >= 0.6 is 0 Å². The van der Waals surface area contributed by atoms with Gasteiger partial charge in [-0.1, -0.05) is 0 Å². The van der Waals surface area contributed by atoms with Crippen LogP contribution in [0.4, 0.5) is 23.4 Å². The zero-order chi connectivity index (χ0) is 24.9. The maximum absolute atomic E-state index is 14.6. The van der Waals surface area contributed by atoms with E-state index in [9.17, 15) is 30.8 Å². The van der Waals surface area contributed by atoms with Gasteiger partial charge in [-0.3, -0.25) is 4.79 Å². The molecular formula is C18H16F4N6O5S. The van der Waals surface area contributed by atoms with Crippen molar-refractivity contribution in [3.63, 3.8) is 0 Å². The largest absolute Gasteiger partial charge is 0.479 e. The Kier molecular flexibility index (Phi) is 5.50. The number of nitrogens with two attached hydrogens (primary N) is 1. The molecule has 16 heteroatoms. The highest BCUT2D eigenvalue weighted by Crippen LogP contribution is 2.37. The first kappa shape index (κ1) is 23.5. The van der Waals surface area contributed by atoms with Gasteiger partial charge in [0.1, 0.15) is 35.5 Å². The van der Waals surface area contributed by atoms with Gasteiger partial charge in [-0.05, 0) is 12.1 Å². The van der Waals surface area contributed by atoms with Crippen molar-refractivity contribution in [3.05, 3.63) is 41.6 Å². The minimum atomic E-state index is -4.14. The van der Waals surface area contributed by atoms with Crippen molar-refractivity contribution >= 4 is 27.7 Å². The van der Waals surface area contributed by atoms with Crippen LogP contribution in [-0.4, -0.2) is 66.7 Å². The van der Waals surface area contributed by atoms with Crippen molar-refractivity contribution in [3.8, 4) is 11.5 Å². The second-order valence-corrected chi connectivity index (χ2v) is 9.38. The fourth-order valence-corrected chi connectivity index (χ4v) is 4.63. The van der Waals surface area contributed by atoms with E-state index >= 15 is 0 Å². The van der Waals surface area contributed by atoms with Gasteiger partial charge in [0.25, 0.3) is 5.91 Å². The first-order valence-corrected chi connectivity index (χ1v) is 11.0. The summed E-state index contributed by atoms with van der Waals surface area (Å²) >= 11 is 0. The molecule has 1 amide bonds. The third-order valence-electron chi connectivity index (χ3n) is 4.96. The van der Waals surface area contributed by atoms with Gasteiger partial charge < -0.3 is 20.5 Å². The Hall–Kier alpha value is -3.69. The first-order valence-electron chi connectivity index (χ1n) is 9.42. The van der Waals surface area contributed by atoms with Gasteiger partial charge in [-0.25, -0.2) is 36.5 Å². The van der Waals surface area contributed by atoms with Crippen LogP contribution in [0.2, 0.25) is 0 Å². The van der Waals surface area contributed by atoms with Crippen LogP contribution in [0.5, 0.6) is 11.5 Å². The number of pyridine rings is 2. The van der Waals surface area contributed by atoms with E-state index in [1.807, 2.05) is 0 Å². The lowest BCUT2D eigenvalue weighted by Gasteiger charge is -2.34. The molecule has 11 nitrogen and oxygen atoms in total. The maximum atomic E-state index is 14.6. The maximum Gasteiger partial charge on any atom is 0.433 e. The number of carbonyl (C=O) groups excluding carboxylic acids is 1. The zero-order valence-corrected chi connectivity index (χ0v) is 18.1. The lowest BCUT2D eigenvalue weighted by atomic mass is 9.98. The smallest absolute Gasteiger partial charge is 0.433 e. The Bertz CT molecular complexity index is 1310. The molecule has 3 N–H and O–H groups in total. The van der Waals surface area contributed by atoms with Crippen molar-refractivity contribution in [1.82, 2.24) is 14.3 Å². The van der Waals surface area contributed by atoms with Crippen LogP contribution < -0.4 is 20.5 Å². The van der Waals surface area contributed by atoms with E-state index in [-0.39, 0.29) is 23.0 Å². The average molecular weight is 504 g/mol. The number of hydrogen-bond donors (Lipinski definition) is 2. The Labute approximate surface area is 189 Å².